The van der Waals surface area contributed by atoms with Gasteiger partial charge in [-0.1, -0.05) is 98.4 Å². The van der Waals surface area contributed by atoms with Crippen LogP contribution in [0.3, 0.4) is 0 Å². The number of ether oxygens (including phenoxy) is 1. The summed E-state index contributed by atoms with van der Waals surface area (Å²) in [6.07, 6.45) is 0. The van der Waals surface area contributed by atoms with Crippen molar-refractivity contribution in [1.29, 1.82) is 0 Å². The van der Waals surface area contributed by atoms with Crippen molar-refractivity contribution in [2.24, 2.45) is 0 Å². The second-order valence-electron chi connectivity index (χ2n) is 12.2. The number of thioether (sulfide) groups is 2. The van der Waals surface area contributed by atoms with Crippen molar-refractivity contribution in [2.75, 3.05) is 30.0 Å². The first-order chi connectivity index (χ1) is 24.1. The summed E-state index contributed by atoms with van der Waals surface area (Å²) in [5.74, 6) is 1.53. The number of carbonyl (C=O) groups is 2. The number of halogens is 1. The maximum atomic E-state index is 13.1. The Morgan fingerprint density at radius 2 is 1.62 bits per heavy atom. The molecule has 0 aliphatic rings. The average molecular weight is 743 g/mol. The molecule has 0 radical (unpaired) electrons. The first-order valence-corrected chi connectivity index (χ1v) is 19.0. The lowest BCUT2D eigenvalue weighted by Gasteiger charge is -2.19. The van der Waals surface area contributed by atoms with Gasteiger partial charge in [-0.2, -0.15) is 0 Å². The molecule has 50 heavy (non-hydrogen) atoms. The smallest absolute Gasteiger partial charge is 0.234 e. The van der Waals surface area contributed by atoms with Crippen LogP contribution >= 0.6 is 46.5 Å². The molecule has 0 spiro atoms. The lowest BCUT2D eigenvalue weighted by atomic mass is 9.87. The van der Waals surface area contributed by atoms with Gasteiger partial charge in [0.2, 0.25) is 11.8 Å². The average Bonchev–Trinajstić information content (AvgIpc) is 3.73. The van der Waals surface area contributed by atoms with Crippen molar-refractivity contribution >= 4 is 74.2 Å². The number of nitrogens with one attached hydrogen (secondary N) is 2. The predicted molar refractivity (Wildman–Crippen MR) is 205 cm³/mol. The summed E-state index contributed by atoms with van der Waals surface area (Å²) >= 11 is 10.1. The van der Waals surface area contributed by atoms with Gasteiger partial charge in [0.25, 0.3) is 0 Å². The molecular weight excluding hydrogens is 708 g/mol. The molecule has 4 aromatic carbocycles. The summed E-state index contributed by atoms with van der Waals surface area (Å²) in [5, 5.41) is 16.1. The number of fused-ring (bicyclic) bond motifs is 1. The van der Waals surface area contributed by atoms with Crippen LogP contribution in [0.25, 0.3) is 27.3 Å². The fourth-order valence-corrected chi connectivity index (χ4v) is 7.73. The Bertz CT molecular complexity index is 2080. The van der Waals surface area contributed by atoms with Gasteiger partial charge >= 0.3 is 0 Å². The molecule has 0 saturated carbocycles. The Labute approximate surface area is 308 Å². The molecule has 256 valence electrons. The van der Waals surface area contributed by atoms with Crippen LogP contribution in [0, 0.1) is 0 Å². The Morgan fingerprint density at radius 3 is 2.36 bits per heavy atom. The minimum Gasteiger partial charge on any atom is -0.492 e. The third-order valence-corrected chi connectivity index (χ3v) is 10.8. The second kappa shape index (κ2) is 16.1. The third-order valence-electron chi connectivity index (χ3n) is 7.48. The third kappa shape index (κ3) is 9.25. The van der Waals surface area contributed by atoms with Gasteiger partial charge in [0.05, 0.1) is 28.3 Å². The zero-order valence-corrected chi connectivity index (χ0v) is 30.9. The summed E-state index contributed by atoms with van der Waals surface area (Å²) in [5.41, 5.74) is 4.62. The predicted octanol–water partition coefficient (Wildman–Crippen LogP) is 8.51. The van der Waals surface area contributed by atoms with E-state index < -0.39 is 0 Å². The van der Waals surface area contributed by atoms with E-state index in [1.807, 2.05) is 53.1 Å². The van der Waals surface area contributed by atoms with E-state index >= 15 is 0 Å². The van der Waals surface area contributed by atoms with E-state index in [2.05, 4.69) is 70.9 Å². The van der Waals surface area contributed by atoms with Gasteiger partial charge in [0.15, 0.2) is 15.3 Å². The molecule has 0 bridgehead atoms. The summed E-state index contributed by atoms with van der Waals surface area (Å²) in [6.45, 7) is 7.31. The molecule has 0 aliphatic heterocycles. The number of rotatable bonds is 13. The summed E-state index contributed by atoms with van der Waals surface area (Å²) in [6, 6.07) is 31.0. The summed E-state index contributed by atoms with van der Waals surface area (Å²) in [4.78, 5) is 30.1. The zero-order chi connectivity index (χ0) is 35.1. The molecule has 2 amide bonds. The molecule has 0 atom stereocenters. The number of para-hydroxylation sites is 1. The molecule has 2 aromatic heterocycles. The van der Waals surface area contributed by atoms with Crippen LogP contribution in [0.4, 0.5) is 5.69 Å². The molecule has 0 unspecified atom stereocenters. The van der Waals surface area contributed by atoms with Gasteiger partial charge in [-0.25, -0.2) is 4.98 Å². The van der Waals surface area contributed by atoms with Crippen molar-refractivity contribution < 1.29 is 14.3 Å². The minimum absolute atomic E-state index is 0.0419. The first kappa shape index (κ1) is 35.5. The topological polar surface area (TPSA) is 111 Å². The number of nitrogens with zero attached hydrogens (tertiary/aromatic N) is 4. The van der Waals surface area contributed by atoms with E-state index in [0.717, 1.165) is 25.8 Å². The molecule has 6 rings (SSSR count). The van der Waals surface area contributed by atoms with E-state index in [0.29, 0.717) is 40.6 Å². The van der Waals surface area contributed by atoms with E-state index in [1.54, 1.807) is 24.3 Å². The van der Waals surface area contributed by atoms with Crippen LogP contribution in [0.15, 0.2) is 107 Å². The van der Waals surface area contributed by atoms with Crippen molar-refractivity contribution in [3.05, 3.63) is 108 Å². The Morgan fingerprint density at radius 1 is 0.880 bits per heavy atom. The van der Waals surface area contributed by atoms with Crippen LogP contribution in [0.1, 0.15) is 26.3 Å². The fourth-order valence-electron chi connectivity index (χ4n) is 4.92. The van der Waals surface area contributed by atoms with Gasteiger partial charge < -0.3 is 15.4 Å². The Kier molecular flexibility index (Phi) is 11.4. The largest absolute Gasteiger partial charge is 0.492 e. The van der Waals surface area contributed by atoms with E-state index in [-0.39, 0.29) is 28.7 Å². The Balaban J connectivity index is 1.03. The highest BCUT2D eigenvalue weighted by atomic mass is 35.5. The van der Waals surface area contributed by atoms with Crippen molar-refractivity contribution in [1.82, 2.24) is 25.1 Å². The summed E-state index contributed by atoms with van der Waals surface area (Å²) < 4.78 is 9.29. The number of hydrogen-bond acceptors (Lipinski definition) is 9. The van der Waals surface area contributed by atoms with Crippen LogP contribution in [-0.4, -0.2) is 56.2 Å². The van der Waals surface area contributed by atoms with Gasteiger partial charge in [-0.3, -0.25) is 14.2 Å². The van der Waals surface area contributed by atoms with E-state index in [1.165, 1.54) is 40.4 Å². The number of hydrogen-bond donors (Lipinski definition) is 2. The Hall–Kier alpha value is -4.36. The number of anilines is 1. The van der Waals surface area contributed by atoms with Gasteiger partial charge in [0.1, 0.15) is 12.4 Å². The zero-order valence-electron chi connectivity index (χ0n) is 27.7. The van der Waals surface area contributed by atoms with E-state index in [4.69, 9.17) is 16.3 Å². The second-order valence-corrected chi connectivity index (χ2v) is 15.9. The number of benzene rings is 4. The molecule has 0 fully saturated rings. The monoisotopic (exact) mass is 742 g/mol. The van der Waals surface area contributed by atoms with Crippen LogP contribution in [0.2, 0.25) is 5.02 Å². The van der Waals surface area contributed by atoms with Gasteiger partial charge in [0, 0.05) is 22.0 Å². The molecule has 6 aromatic rings. The van der Waals surface area contributed by atoms with Crippen LogP contribution in [-0.2, 0) is 15.0 Å². The number of thiazole rings is 1. The SMILES string of the molecule is CC(C)(C)c1ccc(-c2nnc(SCC(=O)Nc3ccc4nc(SCC(=O)NCCOc5ccc(Cl)cc5)sc4c3)n2-c2ccccc2)cc1. The van der Waals surface area contributed by atoms with Crippen LogP contribution < -0.4 is 15.4 Å². The molecule has 2 heterocycles. The maximum Gasteiger partial charge on any atom is 0.234 e. The van der Waals surface area contributed by atoms with E-state index in [9.17, 15) is 9.59 Å². The highest BCUT2D eigenvalue weighted by molar-refractivity contribution is 8.01. The molecule has 0 aliphatic carbocycles. The minimum atomic E-state index is -0.163. The molecule has 0 saturated heterocycles. The lowest BCUT2D eigenvalue weighted by Crippen LogP contribution is -2.29. The van der Waals surface area contributed by atoms with Crippen LogP contribution in [0.5, 0.6) is 5.75 Å². The highest BCUT2D eigenvalue weighted by Crippen LogP contribution is 2.32. The fraction of sp³-hybridized carbons (Fsp3) is 0.216. The molecule has 13 heteroatoms. The first-order valence-electron chi connectivity index (χ1n) is 15.9. The number of amides is 2. The lowest BCUT2D eigenvalue weighted by molar-refractivity contribution is -0.118. The van der Waals surface area contributed by atoms with Crippen molar-refractivity contribution in [2.45, 2.75) is 35.7 Å². The maximum absolute atomic E-state index is 13.1. The quantitative estimate of drug-likeness (QED) is 0.0896. The molecule has 2 N–H and O–H groups in total. The molecule has 9 nitrogen and oxygen atoms in total. The normalized spacial score (nSPS) is 11.4. The van der Waals surface area contributed by atoms with Crippen molar-refractivity contribution in [3.8, 4) is 22.8 Å². The molecular formula is C37H35ClN6O3S3. The number of aromatic nitrogens is 4. The van der Waals surface area contributed by atoms with Gasteiger partial charge in [-0.15, -0.1) is 21.5 Å². The highest BCUT2D eigenvalue weighted by Gasteiger charge is 2.19. The summed E-state index contributed by atoms with van der Waals surface area (Å²) in [7, 11) is 0. The van der Waals surface area contributed by atoms with Gasteiger partial charge in [-0.05, 0) is 65.6 Å². The standard InChI is InChI=1S/C37H35ClN6O3S3/c1-37(2,3)25-11-9-24(10-12-25)34-42-43-35(44(34)28-7-5-4-6-8-28)48-23-33(46)40-27-15-18-30-31(21-27)50-36(41-30)49-22-32(45)39-19-20-47-29-16-13-26(38)14-17-29/h4-18,21H,19-20,22-23H2,1-3H3,(H,39,45)(H,40,46). The number of carbonyl (C=O) groups excluding carboxylic acids is 2. The van der Waals surface area contributed by atoms with Crippen molar-refractivity contribution in [3.63, 3.8) is 0 Å².